The Morgan fingerprint density at radius 2 is 2.20 bits per heavy atom. The third-order valence-corrected chi connectivity index (χ3v) is 4.49. The summed E-state index contributed by atoms with van der Waals surface area (Å²) in [6, 6.07) is 0. The van der Waals surface area contributed by atoms with E-state index in [2.05, 4.69) is 14.5 Å². The van der Waals surface area contributed by atoms with Gasteiger partial charge in [0.25, 0.3) is 5.56 Å². The quantitative estimate of drug-likeness (QED) is 0.293. The van der Waals surface area contributed by atoms with Crippen LogP contribution in [0.5, 0.6) is 0 Å². The molecule has 2 aliphatic heterocycles. The predicted molar refractivity (Wildman–Crippen MR) is 83.7 cm³/mol. The molecule has 0 aromatic carbocycles. The molecule has 1 aromatic heterocycles. The second-order valence-electron chi connectivity index (χ2n) is 5.73. The summed E-state index contributed by atoms with van der Waals surface area (Å²) in [4.78, 5) is 39.5. The van der Waals surface area contributed by atoms with Crippen LogP contribution in [0.2, 0.25) is 0 Å². The number of nitrogen functional groups attached to an aromatic ring is 1. The molecule has 0 amide bonds. The van der Waals surface area contributed by atoms with Gasteiger partial charge in [0.1, 0.15) is 24.0 Å². The Kier molecular flexibility index (Phi) is 4.49. The number of H-pyrrole nitrogens is 1. The monoisotopic (exact) mass is 379 g/mol. The van der Waals surface area contributed by atoms with Crippen molar-refractivity contribution in [2.45, 2.75) is 24.5 Å². The first-order valence-electron chi connectivity index (χ1n) is 7.18. The number of aromatic nitrogens is 2. The molecule has 25 heavy (non-hydrogen) atoms. The van der Waals surface area contributed by atoms with Crippen LogP contribution < -0.4 is 21.1 Å². The highest BCUT2D eigenvalue weighted by atomic mass is 31.2. The van der Waals surface area contributed by atoms with Crippen LogP contribution >= 0.6 is 7.82 Å². The van der Waals surface area contributed by atoms with Crippen molar-refractivity contribution in [2.24, 2.45) is 0 Å². The van der Waals surface area contributed by atoms with E-state index >= 15 is 0 Å². The van der Waals surface area contributed by atoms with E-state index in [1.54, 1.807) is 7.05 Å². The predicted octanol–water partition coefficient (Wildman–Crippen LogP) is -2.88. The SMILES string of the molecule is CN1CN([C@@H]2O[C@H](CO)[C@@H](O)[C@H]2OP(=O)(O)O)c2nc(N)[nH]c(=O)c21. The third-order valence-electron chi connectivity index (χ3n) is 3.97. The fraction of sp³-hybridized carbons (Fsp3) is 0.636. The number of phosphoric ester groups is 1. The van der Waals surface area contributed by atoms with Crippen molar-refractivity contribution in [3.63, 3.8) is 0 Å². The van der Waals surface area contributed by atoms with Crippen LogP contribution in [-0.2, 0) is 13.8 Å². The Bertz CT molecular complexity index is 767. The van der Waals surface area contributed by atoms with E-state index in [-0.39, 0.29) is 24.1 Å². The summed E-state index contributed by atoms with van der Waals surface area (Å²) in [6.07, 6.45) is -5.33. The topological polar surface area (TPSA) is 195 Å². The number of nitrogens with two attached hydrogens (primary N) is 1. The van der Waals surface area contributed by atoms with Crippen molar-refractivity contribution < 1.29 is 33.8 Å². The molecule has 4 atom stereocenters. The van der Waals surface area contributed by atoms with Crippen LogP contribution in [0.1, 0.15) is 0 Å². The summed E-state index contributed by atoms with van der Waals surface area (Å²) < 4.78 is 21.4. The largest absolute Gasteiger partial charge is 0.470 e. The normalized spacial score (nSPS) is 29.3. The minimum atomic E-state index is -4.96. The molecule has 14 heteroatoms. The van der Waals surface area contributed by atoms with Gasteiger partial charge in [-0.25, -0.2) is 4.57 Å². The summed E-state index contributed by atoms with van der Waals surface area (Å²) in [7, 11) is -3.36. The van der Waals surface area contributed by atoms with Crippen LogP contribution in [0, 0.1) is 0 Å². The van der Waals surface area contributed by atoms with Gasteiger partial charge in [-0.05, 0) is 0 Å². The number of anilines is 3. The standard InChI is InChI=1S/C11H18N5O8P/c1-15-3-16(8-5(15)9(19)14-11(12)13-8)10-7(24-25(20,21)22)6(18)4(2-17)23-10/h4,6-7,10,17-18H,2-3H2,1H3,(H2,20,21,22)(H3,12,13,14,19)/t4-,6-,7-,10-/m1/s1. The summed E-state index contributed by atoms with van der Waals surface area (Å²) >= 11 is 0. The van der Waals surface area contributed by atoms with E-state index in [1.165, 1.54) is 9.80 Å². The van der Waals surface area contributed by atoms with Crippen LogP contribution in [0.15, 0.2) is 4.79 Å². The molecular weight excluding hydrogens is 361 g/mol. The lowest BCUT2D eigenvalue weighted by atomic mass is 10.1. The average molecular weight is 379 g/mol. The first-order valence-corrected chi connectivity index (χ1v) is 8.71. The molecule has 3 rings (SSSR count). The number of aromatic amines is 1. The number of hydrogen-bond donors (Lipinski definition) is 6. The van der Waals surface area contributed by atoms with E-state index in [1.807, 2.05) is 0 Å². The second-order valence-corrected chi connectivity index (χ2v) is 6.92. The maximum absolute atomic E-state index is 12.1. The number of hydrogen-bond acceptors (Lipinski definition) is 10. The Morgan fingerprint density at radius 3 is 2.80 bits per heavy atom. The van der Waals surface area contributed by atoms with E-state index in [4.69, 9.17) is 20.3 Å². The molecule has 0 saturated carbocycles. The zero-order chi connectivity index (χ0) is 18.5. The zero-order valence-corrected chi connectivity index (χ0v) is 13.9. The average Bonchev–Trinajstić information content (AvgIpc) is 2.96. The molecule has 3 heterocycles. The van der Waals surface area contributed by atoms with E-state index in [0.29, 0.717) is 0 Å². The van der Waals surface area contributed by atoms with Crippen LogP contribution in [0.25, 0.3) is 0 Å². The molecule has 0 spiro atoms. The van der Waals surface area contributed by atoms with Gasteiger partial charge in [0.2, 0.25) is 5.95 Å². The number of nitrogens with zero attached hydrogens (tertiary/aromatic N) is 3. The lowest BCUT2D eigenvalue weighted by Crippen LogP contribution is -2.46. The van der Waals surface area contributed by atoms with Crippen molar-refractivity contribution in [1.82, 2.24) is 9.97 Å². The van der Waals surface area contributed by atoms with Crippen molar-refractivity contribution in [3.8, 4) is 0 Å². The van der Waals surface area contributed by atoms with Gasteiger partial charge in [0.15, 0.2) is 12.0 Å². The number of rotatable bonds is 4. The van der Waals surface area contributed by atoms with E-state index in [0.717, 1.165) is 0 Å². The number of fused-ring (bicyclic) bond motifs is 1. The maximum Gasteiger partial charge on any atom is 0.470 e. The number of aliphatic hydroxyl groups is 2. The lowest BCUT2D eigenvalue weighted by molar-refractivity contribution is -0.0221. The summed E-state index contributed by atoms with van der Waals surface area (Å²) in [5, 5.41) is 19.5. The second kappa shape index (κ2) is 6.21. The summed E-state index contributed by atoms with van der Waals surface area (Å²) in [5.41, 5.74) is 5.23. The Morgan fingerprint density at radius 1 is 1.52 bits per heavy atom. The molecule has 0 unspecified atom stereocenters. The molecule has 0 aliphatic carbocycles. The van der Waals surface area contributed by atoms with Crippen LogP contribution in [0.4, 0.5) is 17.5 Å². The minimum absolute atomic E-state index is 0.0609. The zero-order valence-electron chi connectivity index (χ0n) is 13.0. The van der Waals surface area contributed by atoms with Gasteiger partial charge >= 0.3 is 7.82 Å². The van der Waals surface area contributed by atoms with Crippen molar-refractivity contribution in [2.75, 3.05) is 35.9 Å². The highest BCUT2D eigenvalue weighted by molar-refractivity contribution is 7.46. The maximum atomic E-state index is 12.1. The third kappa shape index (κ3) is 3.22. The lowest BCUT2D eigenvalue weighted by Gasteiger charge is -2.29. The van der Waals surface area contributed by atoms with Gasteiger partial charge in [-0.3, -0.25) is 14.3 Å². The van der Waals surface area contributed by atoms with Gasteiger partial charge in [-0.1, -0.05) is 0 Å². The van der Waals surface area contributed by atoms with E-state index < -0.39 is 44.5 Å². The number of phosphoric acid groups is 1. The highest BCUT2D eigenvalue weighted by Gasteiger charge is 2.51. The van der Waals surface area contributed by atoms with Crippen LogP contribution in [-0.4, -0.2) is 74.8 Å². The molecule has 1 aromatic rings. The first kappa shape index (κ1) is 18.1. The molecule has 0 bridgehead atoms. The number of ether oxygens (including phenoxy) is 1. The smallest absolute Gasteiger partial charge is 0.394 e. The van der Waals surface area contributed by atoms with Crippen molar-refractivity contribution in [1.29, 1.82) is 0 Å². The molecule has 140 valence electrons. The summed E-state index contributed by atoms with van der Waals surface area (Å²) in [6.45, 7) is -0.536. The number of nitrogens with one attached hydrogen (secondary N) is 1. The first-order chi connectivity index (χ1) is 11.6. The van der Waals surface area contributed by atoms with Gasteiger partial charge in [-0.2, -0.15) is 4.98 Å². The molecule has 1 fully saturated rings. The fourth-order valence-corrected chi connectivity index (χ4v) is 3.52. The van der Waals surface area contributed by atoms with Crippen LogP contribution in [0.3, 0.4) is 0 Å². The minimum Gasteiger partial charge on any atom is -0.394 e. The molecule has 13 nitrogen and oxygen atoms in total. The van der Waals surface area contributed by atoms with Gasteiger partial charge < -0.3 is 40.3 Å². The fourth-order valence-electron chi connectivity index (χ4n) is 2.98. The van der Waals surface area contributed by atoms with Gasteiger partial charge in [-0.15, -0.1) is 0 Å². The summed E-state index contributed by atoms with van der Waals surface area (Å²) in [5.74, 6) is -0.0485. The van der Waals surface area contributed by atoms with Gasteiger partial charge in [0.05, 0.1) is 13.3 Å². The van der Waals surface area contributed by atoms with Gasteiger partial charge in [0, 0.05) is 7.05 Å². The van der Waals surface area contributed by atoms with Crippen molar-refractivity contribution in [3.05, 3.63) is 10.4 Å². The Hall–Kier alpha value is -1.73. The molecule has 0 radical (unpaired) electrons. The Balaban J connectivity index is 2.01. The molecule has 1 saturated heterocycles. The molecule has 7 N–H and O–H groups in total. The molecular formula is C11H18N5O8P. The number of aliphatic hydroxyl groups excluding tert-OH is 2. The highest BCUT2D eigenvalue weighted by Crippen LogP contribution is 2.44. The van der Waals surface area contributed by atoms with E-state index in [9.17, 15) is 19.6 Å². The Labute approximate surface area is 140 Å². The molecule has 2 aliphatic rings. The van der Waals surface area contributed by atoms with Crippen molar-refractivity contribution >= 4 is 25.3 Å².